The minimum absolute atomic E-state index is 0.146. The molecular formula is C19H21ClN2O3S. The second kappa shape index (κ2) is 7.29. The number of hydrogen-bond acceptors (Lipinski definition) is 3. The molecule has 0 aromatic heterocycles. The first-order valence-corrected chi connectivity index (χ1v) is 10.5. The van der Waals surface area contributed by atoms with Crippen LogP contribution >= 0.6 is 11.6 Å². The highest BCUT2D eigenvalue weighted by atomic mass is 35.5. The van der Waals surface area contributed by atoms with Crippen molar-refractivity contribution in [1.82, 2.24) is 0 Å². The van der Waals surface area contributed by atoms with Gasteiger partial charge in [0.05, 0.1) is 11.4 Å². The Hall–Kier alpha value is -2.05. The van der Waals surface area contributed by atoms with Crippen LogP contribution in [-0.2, 0) is 10.0 Å². The number of anilines is 2. The summed E-state index contributed by atoms with van der Waals surface area (Å²) >= 11 is 5.95. The Bertz CT molecular complexity index is 957. The zero-order valence-corrected chi connectivity index (χ0v) is 16.3. The number of halogens is 1. The molecule has 2 aromatic carbocycles. The second-order valence-electron chi connectivity index (χ2n) is 6.51. The van der Waals surface area contributed by atoms with E-state index in [2.05, 4.69) is 5.32 Å². The van der Waals surface area contributed by atoms with Crippen molar-refractivity contribution in [3.8, 4) is 0 Å². The number of carbonyl (C=O) groups excluding carboxylic acids is 1. The lowest BCUT2D eigenvalue weighted by atomic mass is 10.1. The first-order chi connectivity index (χ1) is 12.3. The highest BCUT2D eigenvalue weighted by molar-refractivity contribution is 7.92. The quantitative estimate of drug-likeness (QED) is 0.853. The van der Waals surface area contributed by atoms with Crippen molar-refractivity contribution in [2.75, 3.05) is 21.9 Å². The maximum Gasteiger partial charge on any atom is 0.255 e. The normalized spacial score (nSPS) is 16.3. The molecule has 138 valence electrons. The average molecular weight is 393 g/mol. The summed E-state index contributed by atoms with van der Waals surface area (Å²) in [7, 11) is -3.32. The van der Waals surface area contributed by atoms with Crippen molar-refractivity contribution in [1.29, 1.82) is 0 Å². The van der Waals surface area contributed by atoms with Crippen molar-refractivity contribution < 1.29 is 13.2 Å². The van der Waals surface area contributed by atoms with Crippen LogP contribution in [0.15, 0.2) is 36.4 Å². The number of carbonyl (C=O) groups is 1. The third-order valence-electron chi connectivity index (χ3n) is 4.53. The van der Waals surface area contributed by atoms with E-state index in [4.69, 9.17) is 11.6 Å². The standard InChI is InChI=1S/C19H21ClN2O3S/c1-13-5-6-15(12-18(13)22-9-3-4-10-26(22,24)25)19(23)21-17-8-7-16(20)11-14(17)2/h5-8,11-12H,3-4,9-10H2,1-2H3,(H,21,23). The van der Waals surface area contributed by atoms with Crippen molar-refractivity contribution in [2.45, 2.75) is 26.7 Å². The highest BCUT2D eigenvalue weighted by Gasteiger charge is 2.27. The molecule has 0 spiro atoms. The number of nitrogens with zero attached hydrogens (tertiary/aromatic N) is 1. The first-order valence-electron chi connectivity index (χ1n) is 8.46. The predicted octanol–water partition coefficient (Wildman–Crippen LogP) is 4.14. The van der Waals surface area contributed by atoms with E-state index in [-0.39, 0.29) is 11.7 Å². The van der Waals surface area contributed by atoms with E-state index in [0.29, 0.717) is 34.9 Å². The number of rotatable bonds is 3. The number of sulfonamides is 1. The molecule has 7 heteroatoms. The summed E-state index contributed by atoms with van der Waals surface area (Å²) in [5.74, 6) is -0.140. The summed E-state index contributed by atoms with van der Waals surface area (Å²) in [5.41, 5.74) is 3.35. The van der Waals surface area contributed by atoms with Gasteiger partial charge in [-0.3, -0.25) is 9.10 Å². The van der Waals surface area contributed by atoms with Gasteiger partial charge >= 0.3 is 0 Å². The molecule has 1 aliphatic rings. The van der Waals surface area contributed by atoms with Crippen molar-refractivity contribution >= 4 is 38.9 Å². The third-order valence-corrected chi connectivity index (χ3v) is 6.62. The lowest BCUT2D eigenvalue weighted by Gasteiger charge is -2.29. The van der Waals surface area contributed by atoms with E-state index in [0.717, 1.165) is 17.5 Å². The maximum absolute atomic E-state index is 12.6. The Balaban J connectivity index is 1.90. The van der Waals surface area contributed by atoms with Gasteiger partial charge in [0.25, 0.3) is 5.91 Å². The molecule has 3 rings (SSSR count). The summed E-state index contributed by atoms with van der Waals surface area (Å²) in [6.07, 6.45) is 1.49. The largest absolute Gasteiger partial charge is 0.322 e. The van der Waals surface area contributed by atoms with E-state index in [1.165, 1.54) is 4.31 Å². The van der Waals surface area contributed by atoms with E-state index in [1.54, 1.807) is 36.4 Å². The number of amides is 1. The predicted molar refractivity (Wildman–Crippen MR) is 106 cm³/mol. The van der Waals surface area contributed by atoms with Gasteiger partial charge in [0.2, 0.25) is 10.0 Å². The van der Waals surface area contributed by atoms with Crippen LogP contribution in [0.1, 0.15) is 34.3 Å². The Labute approximate surface area is 159 Å². The van der Waals surface area contributed by atoms with Crippen LogP contribution in [0, 0.1) is 13.8 Å². The van der Waals surface area contributed by atoms with Crippen molar-refractivity contribution in [3.05, 3.63) is 58.1 Å². The highest BCUT2D eigenvalue weighted by Crippen LogP contribution is 2.28. The fraction of sp³-hybridized carbons (Fsp3) is 0.316. The van der Waals surface area contributed by atoms with E-state index in [1.807, 2.05) is 13.8 Å². The topological polar surface area (TPSA) is 66.5 Å². The summed E-state index contributed by atoms with van der Waals surface area (Å²) < 4.78 is 26.2. The van der Waals surface area contributed by atoms with Crippen LogP contribution in [0.3, 0.4) is 0 Å². The summed E-state index contributed by atoms with van der Waals surface area (Å²) in [5, 5.41) is 3.46. The Morgan fingerprint density at radius 1 is 1.08 bits per heavy atom. The average Bonchev–Trinajstić information content (AvgIpc) is 2.58. The molecule has 2 aromatic rings. The van der Waals surface area contributed by atoms with Crippen molar-refractivity contribution in [3.63, 3.8) is 0 Å². The van der Waals surface area contributed by atoms with E-state index < -0.39 is 10.0 Å². The molecule has 0 atom stereocenters. The van der Waals surface area contributed by atoms with Crippen molar-refractivity contribution in [2.24, 2.45) is 0 Å². The smallest absolute Gasteiger partial charge is 0.255 e. The van der Waals surface area contributed by atoms with Crippen LogP contribution in [0.5, 0.6) is 0 Å². The van der Waals surface area contributed by atoms with Crippen LogP contribution in [0.2, 0.25) is 5.02 Å². The summed E-state index contributed by atoms with van der Waals surface area (Å²) in [4.78, 5) is 12.6. The molecule has 5 nitrogen and oxygen atoms in total. The fourth-order valence-corrected chi connectivity index (χ4v) is 4.96. The SMILES string of the molecule is Cc1cc(Cl)ccc1NC(=O)c1ccc(C)c(N2CCCCS2(=O)=O)c1. The second-order valence-corrected chi connectivity index (χ2v) is 8.96. The Morgan fingerprint density at radius 3 is 2.54 bits per heavy atom. The van der Waals surface area contributed by atoms with Gasteiger partial charge in [-0.25, -0.2) is 8.42 Å². The lowest BCUT2D eigenvalue weighted by Crippen LogP contribution is -2.38. The van der Waals surface area contributed by atoms with Gasteiger partial charge in [0.1, 0.15) is 0 Å². The van der Waals surface area contributed by atoms with Gasteiger partial charge in [-0.15, -0.1) is 0 Å². The molecule has 0 aliphatic carbocycles. The molecular weight excluding hydrogens is 372 g/mol. The number of hydrogen-bond donors (Lipinski definition) is 1. The van der Waals surface area contributed by atoms with Crippen LogP contribution < -0.4 is 9.62 Å². The van der Waals surface area contributed by atoms with Gasteiger partial charge in [-0.1, -0.05) is 17.7 Å². The molecule has 26 heavy (non-hydrogen) atoms. The molecule has 1 N–H and O–H groups in total. The van der Waals surface area contributed by atoms with Gasteiger partial charge < -0.3 is 5.32 Å². The Morgan fingerprint density at radius 2 is 1.85 bits per heavy atom. The zero-order chi connectivity index (χ0) is 18.9. The van der Waals surface area contributed by atoms with E-state index >= 15 is 0 Å². The van der Waals surface area contributed by atoms with Gasteiger partial charge in [-0.2, -0.15) is 0 Å². The summed E-state index contributed by atoms with van der Waals surface area (Å²) in [6.45, 7) is 4.16. The van der Waals surface area contributed by atoms with Gasteiger partial charge in [0, 0.05) is 22.8 Å². The lowest BCUT2D eigenvalue weighted by molar-refractivity contribution is 0.102. The maximum atomic E-state index is 12.6. The Kier molecular flexibility index (Phi) is 5.25. The number of nitrogens with one attached hydrogen (secondary N) is 1. The van der Waals surface area contributed by atoms with Gasteiger partial charge in [-0.05, 0) is 68.1 Å². The van der Waals surface area contributed by atoms with Gasteiger partial charge in [0.15, 0.2) is 0 Å². The first kappa shape index (κ1) is 18.7. The van der Waals surface area contributed by atoms with Crippen LogP contribution in [0.4, 0.5) is 11.4 Å². The number of benzene rings is 2. The number of aryl methyl sites for hydroxylation is 2. The molecule has 0 radical (unpaired) electrons. The molecule has 0 bridgehead atoms. The zero-order valence-electron chi connectivity index (χ0n) is 14.8. The fourth-order valence-electron chi connectivity index (χ4n) is 3.04. The minimum Gasteiger partial charge on any atom is -0.322 e. The molecule has 1 aliphatic heterocycles. The van der Waals surface area contributed by atoms with Crippen LogP contribution in [-0.4, -0.2) is 26.6 Å². The molecule has 1 amide bonds. The van der Waals surface area contributed by atoms with E-state index in [9.17, 15) is 13.2 Å². The minimum atomic E-state index is -3.32. The molecule has 0 unspecified atom stereocenters. The summed E-state index contributed by atoms with van der Waals surface area (Å²) in [6, 6.07) is 10.4. The molecule has 1 heterocycles. The molecule has 0 saturated carbocycles. The molecule has 1 saturated heterocycles. The van der Waals surface area contributed by atoms with Crippen LogP contribution in [0.25, 0.3) is 0 Å². The third kappa shape index (κ3) is 3.86. The molecule has 1 fully saturated rings. The monoisotopic (exact) mass is 392 g/mol.